The second-order valence-corrected chi connectivity index (χ2v) is 7.89. The number of benzene rings is 1. The third kappa shape index (κ3) is 4.30. The molecular weight excluding hydrogens is 364 g/mol. The lowest BCUT2D eigenvalue weighted by Crippen LogP contribution is -2.45. The van der Waals surface area contributed by atoms with Gasteiger partial charge in [-0.05, 0) is 29.3 Å². The number of hydrogen-bond donors (Lipinski definition) is 1. The minimum absolute atomic E-state index is 0.346. The van der Waals surface area contributed by atoms with Crippen molar-refractivity contribution in [3.63, 3.8) is 0 Å². The lowest BCUT2D eigenvalue weighted by atomic mass is 10.1. The van der Waals surface area contributed by atoms with Gasteiger partial charge in [-0.25, -0.2) is 4.98 Å². The van der Waals surface area contributed by atoms with Crippen LogP contribution in [-0.4, -0.2) is 34.5 Å². The van der Waals surface area contributed by atoms with Crippen LogP contribution in [0.15, 0.2) is 54.2 Å². The molecule has 0 saturated carbocycles. The number of pyridine rings is 1. The van der Waals surface area contributed by atoms with Gasteiger partial charge in [0.2, 0.25) is 0 Å². The van der Waals surface area contributed by atoms with E-state index in [1.807, 2.05) is 30.6 Å². The first-order chi connectivity index (χ1) is 12.8. The smallest absolute Gasteiger partial charge is 0.0972 e. The third-order valence-electron chi connectivity index (χ3n) is 4.66. The van der Waals surface area contributed by atoms with Gasteiger partial charge in [0, 0.05) is 61.4 Å². The zero-order chi connectivity index (χ0) is 17.8. The normalized spacial score (nSPS) is 18.1. The predicted octanol–water partition coefficient (Wildman–Crippen LogP) is 3.93. The number of thiazole rings is 1. The van der Waals surface area contributed by atoms with Crippen molar-refractivity contribution < 1.29 is 0 Å². The van der Waals surface area contributed by atoms with Gasteiger partial charge in [-0.2, -0.15) is 0 Å². The zero-order valence-electron chi connectivity index (χ0n) is 14.4. The molecule has 134 valence electrons. The van der Waals surface area contributed by atoms with Crippen LogP contribution in [0.2, 0.25) is 5.02 Å². The highest BCUT2D eigenvalue weighted by atomic mass is 35.5. The van der Waals surface area contributed by atoms with Gasteiger partial charge in [-0.1, -0.05) is 29.8 Å². The van der Waals surface area contributed by atoms with Crippen LogP contribution < -0.4 is 5.32 Å². The van der Waals surface area contributed by atoms with E-state index in [0.29, 0.717) is 6.04 Å². The summed E-state index contributed by atoms with van der Waals surface area (Å²) < 4.78 is 0. The minimum Gasteiger partial charge on any atom is -0.314 e. The van der Waals surface area contributed by atoms with Crippen LogP contribution in [0.4, 0.5) is 0 Å². The van der Waals surface area contributed by atoms with E-state index in [2.05, 4.69) is 38.8 Å². The van der Waals surface area contributed by atoms with E-state index in [0.717, 1.165) is 48.3 Å². The van der Waals surface area contributed by atoms with E-state index in [4.69, 9.17) is 16.6 Å². The SMILES string of the molecule is Clc1ccc(Cc2nc(CN3CCNCC3c3cccnc3)cs2)cc1. The van der Waals surface area contributed by atoms with Gasteiger partial charge in [0.25, 0.3) is 0 Å². The molecule has 2 aromatic heterocycles. The molecule has 1 unspecified atom stereocenters. The summed E-state index contributed by atoms with van der Waals surface area (Å²) in [5.74, 6) is 0. The van der Waals surface area contributed by atoms with Gasteiger partial charge in [0.1, 0.15) is 0 Å². The van der Waals surface area contributed by atoms with Crippen LogP contribution in [0.5, 0.6) is 0 Å². The molecule has 0 spiro atoms. The number of aromatic nitrogens is 2. The Morgan fingerprint density at radius 1 is 1.23 bits per heavy atom. The van der Waals surface area contributed by atoms with Crippen LogP contribution in [-0.2, 0) is 13.0 Å². The standard InChI is InChI=1S/C20H21ClN4S/c21-17-5-3-15(4-6-17)10-20-24-18(14-26-20)13-25-9-8-23-12-19(25)16-2-1-7-22-11-16/h1-7,11,14,19,23H,8-10,12-13H2. The monoisotopic (exact) mass is 384 g/mol. The lowest BCUT2D eigenvalue weighted by Gasteiger charge is -2.35. The zero-order valence-corrected chi connectivity index (χ0v) is 16.0. The Morgan fingerprint density at radius 2 is 2.12 bits per heavy atom. The molecule has 1 aromatic carbocycles. The molecule has 3 heterocycles. The van der Waals surface area contributed by atoms with E-state index < -0.39 is 0 Å². The van der Waals surface area contributed by atoms with Crippen molar-refractivity contribution in [2.75, 3.05) is 19.6 Å². The minimum atomic E-state index is 0.346. The Kier molecular flexibility index (Phi) is 5.60. The van der Waals surface area contributed by atoms with Crippen molar-refractivity contribution in [3.05, 3.63) is 81.0 Å². The maximum absolute atomic E-state index is 5.96. The molecule has 6 heteroatoms. The Bertz CT molecular complexity index is 835. The summed E-state index contributed by atoms with van der Waals surface area (Å²) in [4.78, 5) is 11.6. The maximum atomic E-state index is 5.96. The van der Waals surface area contributed by atoms with Crippen molar-refractivity contribution in [1.29, 1.82) is 0 Å². The Balaban J connectivity index is 1.44. The van der Waals surface area contributed by atoms with Crippen LogP contribution in [0.1, 0.15) is 27.9 Å². The summed E-state index contributed by atoms with van der Waals surface area (Å²) in [6.45, 7) is 3.86. The first kappa shape index (κ1) is 17.6. The fourth-order valence-electron chi connectivity index (χ4n) is 3.33. The molecule has 4 rings (SSSR count). The molecular formula is C20H21ClN4S. The van der Waals surface area contributed by atoms with E-state index in [1.54, 1.807) is 11.3 Å². The molecule has 0 bridgehead atoms. The molecule has 1 aliphatic heterocycles. The van der Waals surface area contributed by atoms with Crippen LogP contribution in [0, 0.1) is 0 Å². The molecule has 0 amide bonds. The van der Waals surface area contributed by atoms with Crippen LogP contribution in [0.3, 0.4) is 0 Å². The summed E-state index contributed by atoms with van der Waals surface area (Å²) in [5, 5.41) is 7.60. The van der Waals surface area contributed by atoms with Gasteiger partial charge < -0.3 is 5.32 Å². The number of nitrogens with one attached hydrogen (secondary N) is 1. The summed E-state index contributed by atoms with van der Waals surface area (Å²) in [6.07, 6.45) is 4.65. The van der Waals surface area contributed by atoms with Gasteiger partial charge in [-0.15, -0.1) is 11.3 Å². The average molecular weight is 385 g/mol. The van der Waals surface area contributed by atoms with Gasteiger partial charge in [0.15, 0.2) is 0 Å². The topological polar surface area (TPSA) is 41.1 Å². The van der Waals surface area contributed by atoms with Gasteiger partial charge in [-0.3, -0.25) is 9.88 Å². The number of piperazine rings is 1. The highest BCUT2D eigenvalue weighted by Crippen LogP contribution is 2.24. The Labute approximate surface area is 162 Å². The summed E-state index contributed by atoms with van der Waals surface area (Å²) in [6, 6.07) is 12.5. The molecule has 4 nitrogen and oxygen atoms in total. The quantitative estimate of drug-likeness (QED) is 0.723. The first-order valence-corrected chi connectivity index (χ1v) is 10.1. The molecule has 1 aliphatic rings. The first-order valence-electron chi connectivity index (χ1n) is 8.80. The van der Waals surface area contributed by atoms with Crippen molar-refractivity contribution in [2.24, 2.45) is 0 Å². The Hall–Kier alpha value is -1.79. The molecule has 0 aliphatic carbocycles. The van der Waals surface area contributed by atoms with Gasteiger partial charge in [0.05, 0.1) is 10.7 Å². The fraction of sp³-hybridized carbons (Fsp3) is 0.300. The fourth-order valence-corrected chi connectivity index (χ4v) is 4.27. The summed E-state index contributed by atoms with van der Waals surface area (Å²) in [5.41, 5.74) is 3.65. The predicted molar refractivity (Wildman–Crippen MR) is 107 cm³/mol. The molecule has 1 fully saturated rings. The third-order valence-corrected chi connectivity index (χ3v) is 5.81. The molecule has 0 radical (unpaired) electrons. The number of nitrogens with zero attached hydrogens (tertiary/aromatic N) is 3. The highest BCUT2D eigenvalue weighted by molar-refractivity contribution is 7.09. The van der Waals surface area contributed by atoms with E-state index in [9.17, 15) is 0 Å². The van der Waals surface area contributed by atoms with E-state index in [1.165, 1.54) is 11.1 Å². The van der Waals surface area contributed by atoms with Gasteiger partial charge >= 0.3 is 0 Å². The molecule has 3 aromatic rings. The summed E-state index contributed by atoms with van der Waals surface area (Å²) in [7, 11) is 0. The van der Waals surface area contributed by atoms with E-state index in [-0.39, 0.29) is 0 Å². The van der Waals surface area contributed by atoms with Crippen molar-refractivity contribution in [3.8, 4) is 0 Å². The average Bonchev–Trinajstić information content (AvgIpc) is 3.12. The highest BCUT2D eigenvalue weighted by Gasteiger charge is 2.24. The maximum Gasteiger partial charge on any atom is 0.0972 e. The number of rotatable bonds is 5. The Morgan fingerprint density at radius 3 is 2.92 bits per heavy atom. The number of hydrogen-bond acceptors (Lipinski definition) is 5. The molecule has 1 N–H and O–H groups in total. The van der Waals surface area contributed by atoms with Crippen molar-refractivity contribution in [1.82, 2.24) is 20.2 Å². The summed E-state index contributed by atoms with van der Waals surface area (Å²) >= 11 is 7.70. The van der Waals surface area contributed by atoms with Crippen LogP contribution >= 0.6 is 22.9 Å². The van der Waals surface area contributed by atoms with Crippen molar-refractivity contribution >= 4 is 22.9 Å². The lowest BCUT2D eigenvalue weighted by molar-refractivity contribution is 0.152. The molecule has 1 atom stereocenters. The second kappa shape index (κ2) is 8.27. The van der Waals surface area contributed by atoms with Crippen molar-refractivity contribution in [2.45, 2.75) is 19.0 Å². The van der Waals surface area contributed by atoms with Crippen LogP contribution in [0.25, 0.3) is 0 Å². The van der Waals surface area contributed by atoms with E-state index >= 15 is 0 Å². The second-order valence-electron chi connectivity index (χ2n) is 6.51. The molecule has 26 heavy (non-hydrogen) atoms. The number of halogens is 1. The largest absolute Gasteiger partial charge is 0.314 e. The molecule has 1 saturated heterocycles.